The lowest BCUT2D eigenvalue weighted by Crippen LogP contribution is -2.49. The van der Waals surface area contributed by atoms with Gasteiger partial charge < -0.3 is 15.4 Å². The number of piperidine rings is 1. The summed E-state index contributed by atoms with van der Waals surface area (Å²) in [6.07, 6.45) is 2.09. The molecule has 8 heteroatoms. The van der Waals surface area contributed by atoms with Crippen LogP contribution in [0.2, 0.25) is 0 Å². The number of para-hydroxylation sites is 2. The third-order valence-electron chi connectivity index (χ3n) is 4.21. The molecule has 0 spiro atoms. The van der Waals surface area contributed by atoms with Gasteiger partial charge in [0.05, 0.1) is 18.0 Å². The topological polar surface area (TPSA) is 98.7 Å². The highest BCUT2D eigenvalue weighted by Gasteiger charge is 2.28. The SMILES string of the molecule is CC1CCN(C(=O)CCOc2ccccc2[N+](=O)[O-])C(CN)C1.Cl. The fourth-order valence-corrected chi connectivity index (χ4v) is 2.93. The van der Waals surface area contributed by atoms with Crippen molar-refractivity contribution in [3.8, 4) is 5.75 Å². The number of amides is 1. The van der Waals surface area contributed by atoms with E-state index in [0.29, 0.717) is 19.0 Å². The number of halogens is 1. The maximum Gasteiger partial charge on any atom is 0.310 e. The van der Waals surface area contributed by atoms with Gasteiger partial charge in [-0.2, -0.15) is 0 Å². The van der Waals surface area contributed by atoms with Gasteiger partial charge in [-0.1, -0.05) is 19.1 Å². The number of nitro benzene ring substituents is 1. The molecular weight excluding hydrogens is 334 g/mol. The molecule has 1 aromatic carbocycles. The smallest absolute Gasteiger partial charge is 0.310 e. The normalized spacial score (nSPS) is 20.2. The highest BCUT2D eigenvalue weighted by atomic mass is 35.5. The monoisotopic (exact) mass is 357 g/mol. The molecule has 2 N–H and O–H groups in total. The zero-order chi connectivity index (χ0) is 16.8. The Morgan fingerprint density at radius 1 is 1.46 bits per heavy atom. The molecule has 0 aromatic heterocycles. The van der Waals surface area contributed by atoms with Crippen LogP contribution in [0.1, 0.15) is 26.2 Å². The van der Waals surface area contributed by atoms with E-state index in [9.17, 15) is 14.9 Å². The zero-order valence-corrected chi connectivity index (χ0v) is 14.5. The van der Waals surface area contributed by atoms with Gasteiger partial charge in [-0.05, 0) is 24.8 Å². The molecule has 7 nitrogen and oxygen atoms in total. The van der Waals surface area contributed by atoms with Gasteiger partial charge in [0.1, 0.15) is 0 Å². The van der Waals surface area contributed by atoms with Gasteiger partial charge >= 0.3 is 5.69 Å². The number of likely N-dealkylation sites (tertiary alicyclic amines) is 1. The van der Waals surface area contributed by atoms with Gasteiger partial charge in [-0.3, -0.25) is 14.9 Å². The first-order chi connectivity index (χ1) is 11.0. The van der Waals surface area contributed by atoms with Crippen LogP contribution in [0.5, 0.6) is 5.75 Å². The second-order valence-electron chi connectivity index (χ2n) is 5.93. The molecule has 1 saturated heterocycles. The van der Waals surface area contributed by atoms with Crippen molar-refractivity contribution in [1.82, 2.24) is 4.90 Å². The zero-order valence-electron chi connectivity index (χ0n) is 13.7. The summed E-state index contributed by atoms with van der Waals surface area (Å²) in [6.45, 7) is 3.46. The van der Waals surface area contributed by atoms with Crippen LogP contribution in [0.25, 0.3) is 0 Å². The molecule has 0 radical (unpaired) electrons. The number of carbonyl (C=O) groups is 1. The standard InChI is InChI=1S/C16H23N3O4.ClH/c1-12-6-8-18(13(10-12)11-17)16(20)7-9-23-15-5-3-2-4-14(15)19(21)22;/h2-5,12-13H,6-11,17H2,1H3;1H. The van der Waals surface area contributed by atoms with Crippen LogP contribution in [0.15, 0.2) is 24.3 Å². The molecule has 1 amide bonds. The minimum absolute atomic E-state index is 0. The average Bonchev–Trinajstić information content (AvgIpc) is 2.54. The Kier molecular flexibility index (Phi) is 7.94. The molecule has 1 aliphatic rings. The molecule has 0 bridgehead atoms. The molecule has 0 aliphatic carbocycles. The van der Waals surface area contributed by atoms with E-state index in [0.717, 1.165) is 12.8 Å². The Labute approximate surface area is 147 Å². The lowest BCUT2D eigenvalue weighted by atomic mass is 9.92. The van der Waals surface area contributed by atoms with Gasteiger partial charge in [-0.25, -0.2) is 0 Å². The van der Waals surface area contributed by atoms with Gasteiger partial charge in [0.25, 0.3) is 0 Å². The summed E-state index contributed by atoms with van der Waals surface area (Å²) in [5.74, 6) is 0.759. The fraction of sp³-hybridized carbons (Fsp3) is 0.562. The number of nitro groups is 1. The molecular formula is C16H24ClN3O4. The Balaban J connectivity index is 0.00000288. The van der Waals surface area contributed by atoms with E-state index < -0.39 is 4.92 Å². The maximum atomic E-state index is 12.3. The summed E-state index contributed by atoms with van der Waals surface area (Å²) in [5.41, 5.74) is 5.68. The Bertz CT molecular complexity index is 570. The highest BCUT2D eigenvalue weighted by molar-refractivity contribution is 5.85. The Morgan fingerprint density at radius 2 is 2.17 bits per heavy atom. The van der Waals surface area contributed by atoms with Crippen LogP contribution in [-0.2, 0) is 4.79 Å². The van der Waals surface area contributed by atoms with Crippen LogP contribution >= 0.6 is 12.4 Å². The highest BCUT2D eigenvalue weighted by Crippen LogP contribution is 2.26. The molecule has 2 atom stereocenters. The minimum atomic E-state index is -0.492. The molecule has 1 aliphatic heterocycles. The molecule has 24 heavy (non-hydrogen) atoms. The van der Waals surface area contributed by atoms with Crippen LogP contribution in [0.3, 0.4) is 0 Å². The minimum Gasteiger partial charge on any atom is -0.486 e. The van der Waals surface area contributed by atoms with Crippen molar-refractivity contribution in [1.29, 1.82) is 0 Å². The van der Waals surface area contributed by atoms with Crippen molar-refractivity contribution in [3.05, 3.63) is 34.4 Å². The van der Waals surface area contributed by atoms with Crippen molar-refractivity contribution in [3.63, 3.8) is 0 Å². The summed E-state index contributed by atoms with van der Waals surface area (Å²) in [6, 6.07) is 6.25. The van der Waals surface area contributed by atoms with E-state index in [1.54, 1.807) is 12.1 Å². The molecule has 1 heterocycles. The van der Waals surface area contributed by atoms with Crippen molar-refractivity contribution < 1.29 is 14.5 Å². The lowest BCUT2D eigenvalue weighted by molar-refractivity contribution is -0.385. The molecule has 1 aromatic rings. The predicted octanol–water partition coefficient (Wildman–Crippen LogP) is 2.37. The molecule has 2 unspecified atom stereocenters. The summed E-state index contributed by atoms with van der Waals surface area (Å²) < 4.78 is 5.43. The second-order valence-corrected chi connectivity index (χ2v) is 5.93. The van der Waals surface area contributed by atoms with Gasteiger partial charge in [0.15, 0.2) is 5.75 Å². The number of hydrogen-bond donors (Lipinski definition) is 1. The van der Waals surface area contributed by atoms with E-state index in [2.05, 4.69) is 6.92 Å². The predicted molar refractivity (Wildman–Crippen MR) is 93.4 cm³/mol. The number of rotatable bonds is 6. The Hall–Kier alpha value is -1.86. The van der Waals surface area contributed by atoms with Gasteiger partial charge in [0.2, 0.25) is 5.91 Å². The molecule has 0 saturated carbocycles. The number of nitrogens with zero attached hydrogens (tertiary/aromatic N) is 2. The summed E-state index contributed by atoms with van der Waals surface area (Å²) in [7, 11) is 0. The van der Waals surface area contributed by atoms with E-state index in [1.807, 2.05) is 4.90 Å². The van der Waals surface area contributed by atoms with E-state index in [1.165, 1.54) is 12.1 Å². The number of benzene rings is 1. The molecule has 2 rings (SSSR count). The average molecular weight is 358 g/mol. The quantitative estimate of drug-likeness (QED) is 0.622. The number of ether oxygens (including phenoxy) is 1. The third-order valence-corrected chi connectivity index (χ3v) is 4.21. The first-order valence-electron chi connectivity index (χ1n) is 7.88. The van der Waals surface area contributed by atoms with E-state index >= 15 is 0 Å². The fourth-order valence-electron chi connectivity index (χ4n) is 2.93. The Morgan fingerprint density at radius 3 is 2.83 bits per heavy atom. The first kappa shape index (κ1) is 20.2. The van der Waals surface area contributed by atoms with Crippen molar-refractivity contribution in [2.75, 3.05) is 19.7 Å². The van der Waals surface area contributed by atoms with Gasteiger partial charge in [-0.15, -0.1) is 12.4 Å². The van der Waals surface area contributed by atoms with Crippen LogP contribution in [-0.4, -0.2) is 41.5 Å². The number of hydrogen-bond acceptors (Lipinski definition) is 5. The molecule has 1 fully saturated rings. The van der Waals surface area contributed by atoms with Crippen LogP contribution in [0.4, 0.5) is 5.69 Å². The summed E-state index contributed by atoms with van der Waals surface area (Å²) >= 11 is 0. The van der Waals surface area contributed by atoms with Gasteiger partial charge in [0, 0.05) is 25.2 Å². The largest absolute Gasteiger partial charge is 0.486 e. The summed E-state index contributed by atoms with van der Waals surface area (Å²) in [4.78, 5) is 24.6. The maximum absolute atomic E-state index is 12.3. The van der Waals surface area contributed by atoms with Crippen molar-refractivity contribution in [2.45, 2.75) is 32.2 Å². The first-order valence-corrected chi connectivity index (χ1v) is 7.88. The van der Waals surface area contributed by atoms with Crippen molar-refractivity contribution in [2.24, 2.45) is 11.7 Å². The van der Waals surface area contributed by atoms with E-state index in [4.69, 9.17) is 10.5 Å². The van der Waals surface area contributed by atoms with E-state index in [-0.39, 0.29) is 48.8 Å². The summed E-state index contributed by atoms with van der Waals surface area (Å²) in [5, 5.41) is 10.9. The van der Waals surface area contributed by atoms with Crippen molar-refractivity contribution >= 4 is 24.0 Å². The number of nitrogens with two attached hydrogens (primary N) is 1. The second kappa shape index (κ2) is 9.44. The molecule has 134 valence electrons. The third kappa shape index (κ3) is 5.07. The lowest BCUT2D eigenvalue weighted by Gasteiger charge is -2.38. The number of carbonyl (C=O) groups excluding carboxylic acids is 1. The van der Waals surface area contributed by atoms with Crippen LogP contribution < -0.4 is 10.5 Å². The van der Waals surface area contributed by atoms with Crippen LogP contribution in [0, 0.1) is 16.0 Å².